The third-order valence-corrected chi connectivity index (χ3v) is 12.7. The zero-order valence-corrected chi connectivity index (χ0v) is 32.6. The van der Waals surface area contributed by atoms with Crippen molar-refractivity contribution in [1.82, 2.24) is 35.7 Å². The van der Waals surface area contributed by atoms with Crippen molar-refractivity contribution in [3.05, 3.63) is 34.2 Å². The Bertz CT molecular complexity index is 1710. The van der Waals surface area contributed by atoms with Crippen LogP contribution >= 0.6 is 11.6 Å². The second-order valence-corrected chi connectivity index (χ2v) is 16.2. The highest BCUT2D eigenvalue weighted by Gasteiger charge is 2.54. The quantitative estimate of drug-likeness (QED) is 0.0991. The Morgan fingerprint density at radius 3 is 2.58 bits per heavy atom. The van der Waals surface area contributed by atoms with E-state index in [4.69, 9.17) is 16.6 Å². The fourth-order valence-corrected chi connectivity index (χ4v) is 9.47. The van der Waals surface area contributed by atoms with Gasteiger partial charge in [-0.25, -0.2) is 0 Å². The zero-order valence-electron chi connectivity index (χ0n) is 31.8. The van der Waals surface area contributed by atoms with E-state index in [2.05, 4.69) is 40.0 Å². The first-order valence-electron chi connectivity index (χ1n) is 20.1. The number of halogens is 1. The van der Waals surface area contributed by atoms with Crippen molar-refractivity contribution < 1.29 is 28.8 Å². The largest absolute Gasteiger partial charge is 0.384 e. The van der Waals surface area contributed by atoms with Gasteiger partial charge in [-0.3, -0.25) is 49.4 Å². The average molecular weight is 782 g/mol. The van der Waals surface area contributed by atoms with Crippen LogP contribution in [0, 0.1) is 10.8 Å². The standard InChI is InChI=1S/C38H53ClN10O6/c1-3-23(4-2)29-20-31(49-35(43-29)27(39)22-47(49)55)42-25-10-9-24(19-25)41-21-33(51)46-17-15-45(16-18-46)14-6-13-40-28-8-5-7-26-34(28)38(54)48(37(26)53)30-11-12-32(50)44-36(30)52/h5,7-8,23-24,27,29-31,35,41,43H,3-4,6,9-22H2,1-2H3,(H-,40,44,50,52,54)/p+1/b42-25-/t24-,27?,29?,30?,31?,35?/m0/s1. The molecule has 6 aliphatic rings. The number of anilines is 1. The summed E-state index contributed by atoms with van der Waals surface area (Å²) in [7, 11) is 0. The monoisotopic (exact) mass is 781 g/mol. The average Bonchev–Trinajstić information content (AvgIpc) is 3.83. The van der Waals surface area contributed by atoms with Gasteiger partial charge in [-0.1, -0.05) is 37.8 Å². The Morgan fingerprint density at radius 1 is 1.05 bits per heavy atom. The number of hydrogen-bond acceptors (Lipinski definition) is 11. The molecule has 5 heterocycles. The van der Waals surface area contributed by atoms with E-state index < -0.39 is 29.7 Å². The molecule has 0 aromatic heterocycles. The smallest absolute Gasteiger partial charge is 0.264 e. The molecular formula is C38H54ClN10O6+. The van der Waals surface area contributed by atoms with E-state index in [1.54, 1.807) is 23.2 Å². The second kappa shape index (κ2) is 17.0. The van der Waals surface area contributed by atoms with Gasteiger partial charge in [-0.2, -0.15) is 0 Å². The molecule has 1 aromatic carbocycles. The van der Waals surface area contributed by atoms with Gasteiger partial charge in [0.25, 0.3) is 11.8 Å². The maximum Gasteiger partial charge on any atom is 0.264 e. The lowest BCUT2D eigenvalue weighted by molar-refractivity contribution is -0.700. The van der Waals surface area contributed by atoms with Crippen molar-refractivity contribution in [2.75, 3.05) is 57.7 Å². The maximum atomic E-state index is 13.4. The number of alkyl halides is 1. The van der Waals surface area contributed by atoms with E-state index in [9.17, 15) is 28.9 Å². The molecule has 5 fully saturated rings. The van der Waals surface area contributed by atoms with Crippen molar-refractivity contribution >= 4 is 52.5 Å². The number of benzene rings is 1. The summed E-state index contributed by atoms with van der Waals surface area (Å²) in [5.41, 5.74) is 2.15. The first-order chi connectivity index (χ1) is 26.6. The number of carbonyl (C=O) groups is 5. The molecular weight excluding hydrogens is 728 g/mol. The number of hydrazine groups is 1. The molecule has 16 nitrogen and oxygen atoms in total. The number of fused-ring (bicyclic) bond motifs is 2. The lowest BCUT2D eigenvalue weighted by Gasteiger charge is -2.39. The Kier molecular flexibility index (Phi) is 12.1. The number of rotatable bonds is 13. The molecule has 1 aromatic rings. The van der Waals surface area contributed by atoms with Crippen molar-refractivity contribution in [3.63, 3.8) is 0 Å². The number of nitrogens with one attached hydrogen (secondary N) is 4. The number of aliphatic imine (C=N–C) groups is 1. The third-order valence-electron chi connectivity index (χ3n) is 12.3. The predicted octanol–water partition coefficient (Wildman–Crippen LogP) is 1.68. The summed E-state index contributed by atoms with van der Waals surface area (Å²) in [5.74, 6) is -1.49. The molecule has 1 aliphatic carbocycles. The molecule has 4 N–H and O–H groups in total. The number of imide groups is 2. The van der Waals surface area contributed by atoms with Crippen LogP contribution < -0.4 is 21.3 Å². The lowest BCUT2D eigenvalue weighted by Crippen LogP contribution is -2.62. The summed E-state index contributed by atoms with van der Waals surface area (Å²) >= 11 is 6.61. The van der Waals surface area contributed by atoms with Crippen LogP contribution in [-0.2, 0) is 14.4 Å². The number of nitrogens with zero attached hydrogens (tertiary/aromatic N) is 6. The summed E-state index contributed by atoms with van der Waals surface area (Å²) in [6.45, 7) is 9.19. The van der Waals surface area contributed by atoms with Crippen LogP contribution in [0.3, 0.4) is 0 Å². The van der Waals surface area contributed by atoms with Gasteiger partial charge < -0.3 is 15.5 Å². The van der Waals surface area contributed by atoms with E-state index in [1.165, 1.54) is 0 Å². The zero-order chi connectivity index (χ0) is 38.8. The van der Waals surface area contributed by atoms with Gasteiger partial charge in [0, 0.05) is 75.5 Å². The van der Waals surface area contributed by atoms with E-state index >= 15 is 0 Å². The van der Waals surface area contributed by atoms with Gasteiger partial charge in [0.1, 0.15) is 16.3 Å². The third kappa shape index (κ3) is 8.28. The van der Waals surface area contributed by atoms with E-state index in [1.807, 2.05) is 4.90 Å². The van der Waals surface area contributed by atoms with Crippen LogP contribution in [0.4, 0.5) is 5.69 Å². The van der Waals surface area contributed by atoms with Gasteiger partial charge in [0.2, 0.25) is 24.3 Å². The first-order valence-corrected chi connectivity index (χ1v) is 20.5. The topological polar surface area (TPSA) is 179 Å². The summed E-state index contributed by atoms with van der Waals surface area (Å²) < 4.78 is 0. The molecule has 5 unspecified atom stereocenters. The molecule has 55 heavy (non-hydrogen) atoms. The van der Waals surface area contributed by atoms with Gasteiger partial charge in [0.05, 0.1) is 22.6 Å². The van der Waals surface area contributed by atoms with Gasteiger partial charge >= 0.3 is 0 Å². The number of hydrogen-bond donors (Lipinski definition) is 4. The molecule has 0 radical (unpaired) electrons. The van der Waals surface area contributed by atoms with Crippen LogP contribution in [0.15, 0.2) is 23.2 Å². The number of nitroso groups, excluding NO2 is 1. The van der Waals surface area contributed by atoms with Crippen molar-refractivity contribution in [2.24, 2.45) is 10.9 Å². The molecule has 0 spiro atoms. The van der Waals surface area contributed by atoms with E-state index in [0.29, 0.717) is 31.2 Å². The summed E-state index contributed by atoms with van der Waals surface area (Å²) in [6, 6.07) is 4.49. The summed E-state index contributed by atoms with van der Waals surface area (Å²) in [4.78, 5) is 87.9. The van der Waals surface area contributed by atoms with Crippen molar-refractivity contribution in [1.29, 1.82) is 0 Å². The maximum absolute atomic E-state index is 13.4. The molecule has 7 rings (SSSR count). The van der Waals surface area contributed by atoms with Crippen molar-refractivity contribution in [2.45, 2.75) is 107 Å². The molecule has 298 valence electrons. The summed E-state index contributed by atoms with van der Waals surface area (Å²) in [5, 5.41) is 14.2. The van der Waals surface area contributed by atoms with Crippen LogP contribution in [-0.4, -0.2) is 148 Å². The van der Waals surface area contributed by atoms with Gasteiger partial charge in [-0.15, -0.1) is 11.6 Å². The number of carbonyl (C=O) groups excluding carboxylic acids is 5. The predicted molar refractivity (Wildman–Crippen MR) is 205 cm³/mol. The Labute approximate surface area is 326 Å². The Hall–Kier alpha value is -3.99. The molecule has 17 heteroatoms. The van der Waals surface area contributed by atoms with Crippen LogP contribution in [0.2, 0.25) is 0 Å². The number of piperidine rings is 1. The highest BCUT2D eigenvalue weighted by atomic mass is 35.5. The van der Waals surface area contributed by atoms with Crippen molar-refractivity contribution in [3.8, 4) is 0 Å². The minimum absolute atomic E-state index is 0.0737. The molecule has 0 bridgehead atoms. The lowest BCUT2D eigenvalue weighted by atomic mass is 9.89. The normalized spacial score (nSPS) is 29.4. The SMILES string of the molecule is CCC(CC)C1CC(/N=C2/CC[C@H](NCC(=O)N3CCN(CCCNc4cccc5c4C(=O)N(C4CCC(=O)NC4=O)C5=O)CC3)C2)N2C(N1)C(Cl)C[N+]2=O. The van der Waals surface area contributed by atoms with E-state index in [-0.39, 0.29) is 72.8 Å². The van der Waals surface area contributed by atoms with Crippen LogP contribution in [0.5, 0.6) is 0 Å². The number of piperazine rings is 1. The molecule has 1 saturated carbocycles. The molecule has 4 saturated heterocycles. The van der Waals surface area contributed by atoms with Gasteiger partial charge in [0.15, 0.2) is 12.3 Å². The molecule has 6 atom stereocenters. The van der Waals surface area contributed by atoms with E-state index in [0.717, 1.165) is 80.1 Å². The fraction of sp³-hybridized carbons (Fsp3) is 0.684. The highest BCUT2D eigenvalue weighted by molar-refractivity contribution is 6.25. The van der Waals surface area contributed by atoms with Crippen LogP contribution in [0.1, 0.15) is 92.4 Å². The Morgan fingerprint density at radius 2 is 1.84 bits per heavy atom. The first kappa shape index (κ1) is 39.3. The summed E-state index contributed by atoms with van der Waals surface area (Å²) in [6.07, 6.45) is 5.96. The molecule has 5 amide bonds. The Balaban J connectivity index is 0.827. The fourth-order valence-electron chi connectivity index (χ4n) is 9.17. The molecule has 5 aliphatic heterocycles. The minimum atomic E-state index is -1.00. The van der Waals surface area contributed by atoms with Crippen LogP contribution in [0.25, 0.3) is 0 Å². The number of amides is 5. The van der Waals surface area contributed by atoms with Gasteiger partial charge in [-0.05, 0) is 50.3 Å². The minimum Gasteiger partial charge on any atom is -0.384 e. The highest BCUT2D eigenvalue weighted by Crippen LogP contribution is 2.34. The second-order valence-electron chi connectivity index (χ2n) is 15.6.